The zero-order chi connectivity index (χ0) is 13.8. The van der Waals surface area contributed by atoms with Crippen molar-refractivity contribution in [2.75, 3.05) is 12.4 Å². The van der Waals surface area contributed by atoms with Crippen LogP contribution in [0.25, 0.3) is 0 Å². The molecule has 100 valence electrons. The molecular weight excluding hydrogens is 258 g/mol. The lowest BCUT2D eigenvalue weighted by atomic mass is 10.1. The van der Waals surface area contributed by atoms with Gasteiger partial charge in [-0.15, -0.1) is 0 Å². The Morgan fingerprint density at radius 1 is 1.05 bits per heavy atom. The number of methoxy groups -OCH3 is 1. The molecule has 0 heterocycles. The normalized spacial score (nSPS) is 10.3. The Kier molecular flexibility index (Phi) is 4.33. The molecule has 0 atom stereocenters. The number of hydrogen-bond donors (Lipinski definition) is 1. The van der Waals surface area contributed by atoms with Gasteiger partial charge >= 0.3 is 0 Å². The molecule has 1 N–H and O–H groups in total. The first-order valence-electron chi connectivity index (χ1n) is 6.23. The minimum Gasteiger partial charge on any atom is -0.497 e. The van der Waals surface area contributed by atoms with Gasteiger partial charge in [0.05, 0.1) is 17.8 Å². The Balaban J connectivity index is 2.13. The smallest absolute Gasteiger partial charge is 0.121 e. The molecule has 0 saturated heterocycles. The highest BCUT2D eigenvalue weighted by molar-refractivity contribution is 6.33. The molecule has 0 bridgehead atoms. The van der Waals surface area contributed by atoms with Crippen molar-refractivity contribution in [2.45, 2.75) is 20.4 Å². The van der Waals surface area contributed by atoms with Crippen LogP contribution in [0.3, 0.4) is 0 Å². The lowest BCUT2D eigenvalue weighted by Gasteiger charge is -2.11. The predicted molar refractivity (Wildman–Crippen MR) is 81.2 cm³/mol. The number of aryl methyl sites for hydroxylation is 2. The van der Waals surface area contributed by atoms with Crippen LogP contribution in [0.2, 0.25) is 5.02 Å². The van der Waals surface area contributed by atoms with E-state index in [0.717, 1.165) is 18.0 Å². The van der Waals surface area contributed by atoms with Gasteiger partial charge in [0.15, 0.2) is 0 Å². The first kappa shape index (κ1) is 13.8. The largest absolute Gasteiger partial charge is 0.497 e. The molecule has 2 rings (SSSR count). The Labute approximate surface area is 119 Å². The maximum Gasteiger partial charge on any atom is 0.121 e. The van der Waals surface area contributed by atoms with E-state index in [9.17, 15) is 0 Å². The molecule has 0 radical (unpaired) electrons. The van der Waals surface area contributed by atoms with Crippen molar-refractivity contribution in [2.24, 2.45) is 0 Å². The molecule has 0 spiro atoms. The van der Waals surface area contributed by atoms with E-state index < -0.39 is 0 Å². The third-order valence-electron chi connectivity index (χ3n) is 2.94. The molecule has 0 aromatic heterocycles. The fraction of sp³-hybridized carbons (Fsp3) is 0.250. The van der Waals surface area contributed by atoms with Crippen molar-refractivity contribution in [1.82, 2.24) is 0 Å². The van der Waals surface area contributed by atoms with Gasteiger partial charge < -0.3 is 10.1 Å². The average Bonchev–Trinajstić information content (AvgIpc) is 2.37. The van der Waals surface area contributed by atoms with Gasteiger partial charge in [-0.3, -0.25) is 0 Å². The van der Waals surface area contributed by atoms with Gasteiger partial charge in [0, 0.05) is 12.6 Å². The van der Waals surface area contributed by atoms with Gasteiger partial charge in [-0.2, -0.15) is 0 Å². The number of rotatable bonds is 4. The second-order valence-electron chi connectivity index (χ2n) is 4.70. The van der Waals surface area contributed by atoms with Crippen LogP contribution in [0.15, 0.2) is 36.4 Å². The fourth-order valence-electron chi connectivity index (χ4n) is 2.14. The quantitative estimate of drug-likeness (QED) is 0.882. The summed E-state index contributed by atoms with van der Waals surface area (Å²) >= 11 is 6.16. The minimum absolute atomic E-state index is 0.699. The Hall–Kier alpha value is -1.67. The van der Waals surface area contributed by atoms with Crippen LogP contribution < -0.4 is 10.1 Å². The molecule has 19 heavy (non-hydrogen) atoms. The summed E-state index contributed by atoms with van der Waals surface area (Å²) in [5, 5.41) is 4.05. The van der Waals surface area contributed by atoms with Crippen molar-refractivity contribution in [1.29, 1.82) is 0 Å². The highest BCUT2D eigenvalue weighted by Gasteiger charge is 2.03. The Bertz CT molecular complexity index is 561. The zero-order valence-corrected chi connectivity index (χ0v) is 12.2. The lowest BCUT2D eigenvalue weighted by molar-refractivity contribution is 0.415. The van der Waals surface area contributed by atoms with Crippen molar-refractivity contribution in [3.05, 3.63) is 58.1 Å². The standard InChI is InChI=1S/C16H18ClNO/c1-11-6-12(2)8-13(7-11)10-18-16-9-14(19-3)4-5-15(16)17/h4-9,18H,10H2,1-3H3. The summed E-state index contributed by atoms with van der Waals surface area (Å²) in [6, 6.07) is 12.1. The van der Waals surface area contributed by atoms with Crippen molar-refractivity contribution >= 4 is 17.3 Å². The van der Waals surface area contributed by atoms with Gasteiger partial charge in [-0.05, 0) is 31.5 Å². The van der Waals surface area contributed by atoms with E-state index in [4.69, 9.17) is 16.3 Å². The van der Waals surface area contributed by atoms with Crippen molar-refractivity contribution < 1.29 is 4.74 Å². The number of halogens is 1. The molecule has 2 aromatic rings. The van der Waals surface area contributed by atoms with Gasteiger partial charge in [0.25, 0.3) is 0 Å². The summed E-state index contributed by atoms with van der Waals surface area (Å²) in [6.07, 6.45) is 0. The van der Waals surface area contributed by atoms with Gasteiger partial charge in [-0.1, -0.05) is 40.9 Å². The van der Waals surface area contributed by atoms with Crippen LogP contribution in [0.1, 0.15) is 16.7 Å². The summed E-state index contributed by atoms with van der Waals surface area (Å²) < 4.78 is 5.20. The highest BCUT2D eigenvalue weighted by Crippen LogP contribution is 2.27. The lowest BCUT2D eigenvalue weighted by Crippen LogP contribution is -2.01. The first-order valence-corrected chi connectivity index (χ1v) is 6.61. The minimum atomic E-state index is 0.699. The van der Waals surface area contributed by atoms with Gasteiger partial charge in [0.1, 0.15) is 5.75 Å². The second kappa shape index (κ2) is 5.98. The fourth-order valence-corrected chi connectivity index (χ4v) is 2.32. The van der Waals surface area contributed by atoms with Crippen LogP contribution in [0, 0.1) is 13.8 Å². The van der Waals surface area contributed by atoms with E-state index in [0.29, 0.717) is 5.02 Å². The van der Waals surface area contributed by atoms with Crippen molar-refractivity contribution in [3.8, 4) is 5.75 Å². The molecule has 0 aliphatic heterocycles. The van der Waals surface area contributed by atoms with Gasteiger partial charge in [0.2, 0.25) is 0 Å². The summed E-state index contributed by atoms with van der Waals surface area (Å²) in [6.45, 7) is 4.96. The molecular formula is C16H18ClNO. The van der Waals surface area contributed by atoms with Crippen LogP contribution in [0.5, 0.6) is 5.75 Å². The molecule has 0 aliphatic rings. The number of hydrogen-bond acceptors (Lipinski definition) is 2. The highest BCUT2D eigenvalue weighted by atomic mass is 35.5. The summed E-state index contributed by atoms with van der Waals surface area (Å²) in [5.74, 6) is 0.798. The van der Waals surface area contributed by atoms with Crippen LogP contribution in [0.4, 0.5) is 5.69 Å². The molecule has 0 aliphatic carbocycles. The van der Waals surface area contributed by atoms with Crippen molar-refractivity contribution in [3.63, 3.8) is 0 Å². The van der Waals surface area contributed by atoms with E-state index in [2.05, 4.69) is 37.4 Å². The monoisotopic (exact) mass is 275 g/mol. The first-order chi connectivity index (χ1) is 9.08. The maximum absolute atomic E-state index is 6.16. The zero-order valence-electron chi connectivity index (χ0n) is 11.5. The molecule has 2 nitrogen and oxygen atoms in total. The molecule has 3 heteroatoms. The second-order valence-corrected chi connectivity index (χ2v) is 5.10. The third kappa shape index (κ3) is 3.65. The number of nitrogens with one attached hydrogen (secondary N) is 1. The molecule has 0 unspecified atom stereocenters. The third-order valence-corrected chi connectivity index (χ3v) is 3.27. The van der Waals surface area contributed by atoms with E-state index in [1.807, 2.05) is 18.2 Å². The maximum atomic E-state index is 6.16. The van der Waals surface area contributed by atoms with Crippen LogP contribution in [-0.4, -0.2) is 7.11 Å². The topological polar surface area (TPSA) is 21.3 Å². The number of ether oxygens (including phenoxy) is 1. The molecule has 0 saturated carbocycles. The molecule has 0 amide bonds. The van der Waals surface area contributed by atoms with Crippen LogP contribution >= 0.6 is 11.6 Å². The van der Waals surface area contributed by atoms with E-state index in [1.54, 1.807) is 7.11 Å². The number of anilines is 1. The SMILES string of the molecule is COc1ccc(Cl)c(NCc2cc(C)cc(C)c2)c1. The van der Waals surface area contributed by atoms with E-state index in [-0.39, 0.29) is 0 Å². The molecule has 0 fully saturated rings. The predicted octanol–water partition coefficient (Wildman–Crippen LogP) is 4.58. The molecule has 2 aromatic carbocycles. The van der Waals surface area contributed by atoms with E-state index >= 15 is 0 Å². The summed E-state index contributed by atoms with van der Waals surface area (Å²) in [5.41, 5.74) is 4.68. The Morgan fingerprint density at radius 3 is 2.37 bits per heavy atom. The van der Waals surface area contributed by atoms with Gasteiger partial charge in [-0.25, -0.2) is 0 Å². The van der Waals surface area contributed by atoms with Crippen LogP contribution in [-0.2, 0) is 6.54 Å². The summed E-state index contributed by atoms with van der Waals surface area (Å²) in [4.78, 5) is 0. The van der Waals surface area contributed by atoms with E-state index in [1.165, 1.54) is 16.7 Å². The summed E-state index contributed by atoms with van der Waals surface area (Å²) in [7, 11) is 1.65. The number of benzene rings is 2. The Morgan fingerprint density at radius 2 is 1.74 bits per heavy atom. The average molecular weight is 276 g/mol.